The second-order valence-electron chi connectivity index (χ2n) is 5.81. The Morgan fingerprint density at radius 3 is 2.44 bits per heavy atom. The first-order chi connectivity index (χ1) is 11.9. The molecule has 0 atom stereocenters. The number of hydrogen-bond acceptors (Lipinski definition) is 4. The zero-order valence-corrected chi connectivity index (χ0v) is 15.8. The van der Waals surface area contributed by atoms with Crippen LogP contribution < -0.4 is 9.60 Å². The number of aromatic nitrogens is 1. The van der Waals surface area contributed by atoms with Crippen molar-refractivity contribution >= 4 is 37.3 Å². The molecule has 0 saturated heterocycles. The van der Waals surface area contributed by atoms with E-state index in [1.807, 2.05) is 26.0 Å². The van der Waals surface area contributed by atoms with E-state index >= 15 is 0 Å². The molecule has 2 aromatic carbocycles. The van der Waals surface area contributed by atoms with Crippen LogP contribution in [0.15, 0.2) is 52.2 Å². The lowest BCUT2D eigenvalue weighted by molar-refractivity contribution is 0.601. The Hall–Kier alpha value is -2.12. The summed E-state index contributed by atoms with van der Waals surface area (Å²) in [6.07, 6.45) is 1.73. The van der Waals surface area contributed by atoms with Crippen LogP contribution >= 0.6 is 11.3 Å². The van der Waals surface area contributed by atoms with Crippen molar-refractivity contribution in [2.24, 2.45) is 0 Å². The number of thiazole rings is 1. The van der Waals surface area contributed by atoms with Crippen molar-refractivity contribution < 1.29 is 8.42 Å². The van der Waals surface area contributed by atoms with E-state index in [0.717, 1.165) is 40.0 Å². The van der Waals surface area contributed by atoms with Crippen LogP contribution in [-0.2, 0) is 23.0 Å². The molecule has 0 unspecified atom stereocenters. The Kier molecular flexibility index (Phi) is 4.96. The molecule has 132 valence electrons. The van der Waals surface area contributed by atoms with E-state index in [4.69, 9.17) is 0 Å². The van der Waals surface area contributed by atoms with Gasteiger partial charge in [-0.15, -0.1) is 0 Å². The molecule has 0 amide bonds. The summed E-state index contributed by atoms with van der Waals surface area (Å²) < 4.78 is 30.2. The number of anilines is 1. The maximum absolute atomic E-state index is 12.5. The lowest BCUT2D eigenvalue weighted by Crippen LogP contribution is -2.13. The van der Waals surface area contributed by atoms with E-state index in [9.17, 15) is 13.2 Å². The van der Waals surface area contributed by atoms with Crippen LogP contribution in [0.25, 0.3) is 10.2 Å². The molecule has 3 rings (SSSR count). The molecule has 5 nitrogen and oxygen atoms in total. The number of fused-ring (bicyclic) bond motifs is 1. The fourth-order valence-electron chi connectivity index (χ4n) is 2.68. The van der Waals surface area contributed by atoms with Crippen molar-refractivity contribution in [3.05, 3.63) is 57.7 Å². The van der Waals surface area contributed by atoms with Crippen molar-refractivity contribution in [2.45, 2.75) is 38.1 Å². The summed E-state index contributed by atoms with van der Waals surface area (Å²) >= 11 is 1.13. The summed E-state index contributed by atoms with van der Waals surface area (Å²) in [4.78, 5) is 12.3. The second-order valence-corrected chi connectivity index (χ2v) is 8.48. The number of benzene rings is 2. The highest BCUT2D eigenvalue weighted by Crippen LogP contribution is 2.24. The largest absolute Gasteiger partial charge is 0.308 e. The Bertz CT molecular complexity index is 1050. The third kappa shape index (κ3) is 3.62. The first kappa shape index (κ1) is 17.7. The minimum absolute atomic E-state index is 0.0213. The maximum Gasteiger partial charge on any atom is 0.308 e. The minimum atomic E-state index is -3.65. The van der Waals surface area contributed by atoms with Crippen LogP contribution in [0.1, 0.15) is 25.8 Å². The normalized spacial score (nSPS) is 11.8. The van der Waals surface area contributed by atoms with Crippen molar-refractivity contribution in [3.63, 3.8) is 0 Å². The predicted molar refractivity (Wildman–Crippen MR) is 103 cm³/mol. The van der Waals surface area contributed by atoms with E-state index in [2.05, 4.69) is 4.72 Å². The third-order valence-corrected chi connectivity index (χ3v) is 6.35. The summed E-state index contributed by atoms with van der Waals surface area (Å²) in [5.74, 6) is 0. The lowest BCUT2D eigenvalue weighted by Gasteiger charge is -2.09. The molecule has 0 saturated carbocycles. The Morgan fingerprint density at radius 2 is 1.80 bits per heavy atom. The second kappa shape index (κ2) is 7.01. The fourth-order valence-corrected chi connectivity index (χ4v) is 4.69. The van der Waals surface area contributed by atoms with E-state index < -0.39 is 10.0 Å². The number of rotatable bonds is 6. The number of sulfonamides is 1. The van der Waals surface area contributed by atoms with Crippen LogP contribution in [-0.4, -0.2) is 13.0 Å². The topological polar surface area (TPSA) is 68.2 Å². The Labute approximate surface area is 151 Å². The molecule has 1 N–H and O–H groups in total. The van der Waals surface area contributed by atoms with Crippen LogP contribution in [0.5, 0.6) is 0 Å². The van der Waals surface area contributed by atoms with E-state index in [1.165, 1.54) is 0 Å². The average Bonchev–Trinajstić information content (AvgIpc) is 2.90. The number of nitrogens with zero attached hydrogens (tertiary/aromatic N) is 1. The van der Waals surface area contributed by atoms with Gasteiger partial charge in [0, 0.05) is 6.54 Å². The molecule has 0 fully saturated rings. The summed E-state index contributed by atoms with van der Waals surface area (Å²) in [6, 6.07) is 12.0. The number of aryl methyl sites for hydroxylation is 2. The van der Waals surface area contributed by atoms with Gasteiger partial charge in [-0.25, -0.2) is 8.42 Å². The van der Waals surface area contributed by atoms with Gasteiger partial charge in [0.2, 0.25) is 0 Å². The first-order valence-corrected chi connectivity index (χ1v) is 10.5. The summed E-state index contributed by atoms with van der Waals surface area (Å²) in [5.41, 5.74) is 2.38. The summed E-state index contributed by atoms with van der Waals surface area (Å²) in [5, 5.41) is 0. The predicted octanol–water partition coefficient (Wildman–Crippen LogP) is 3.84. The Morgan fingerprint density at radius 1 is 1.08 bits per heavy atom. The highest BCUT2D eigenvalue weighted by atomic mass is 32.2. The van der Waals surface area contributed by atoms with Crippen molar-refractivity contribution in [3.8, 4) is 0 Å². The number of hydrogen-bond donors (Lipinski definition) is 1. The molecule has 3 aromatic rings. The van der Waals surface area contributed by atoms with Gasteiger partial charge in [-0.3, -0.25) is 14.1 Å². The standard InChI is InChI=1S/C18H20N2O3S2/c1-3-11-20-16-10-7-14(12-17(16)24-18(20)21)19-25(22,23)15-8-5-13(4-2)6-9-15/h5-10,12,19H,3-4,11H2,1-2H3. The van der Waals surface area contributed by atoms with Gasteiger partial charge in [0.15, 0.2) is 0 Å². The quantitative estimate of drug-likeness (QED) is 0.711. The van der Waals surface area contributed by atoms with Gasteiger partial charge < -0.3 is 0 Å². The minimum Gasteiger partial charge on any atom is -0.299 e. The first-order valence-electron chi connectivity index (χ1n) is 8.19. The third-order valence-electron chi connectivity index (χ3n) is 4.01. The van der Waals surface area contributed by atoms with Gasteiger partial charge in [0.1, 0.15) is 0 Å². The molecule has 1 heterocycles. The molecular formula is C18H20N2O3S2. The lowest BCUT2D eigenvalue weighted by atomic mass is 10.2. The van der Waals surface area contributed by atoms with Crippen LogP contribution in [0, 0.1) is 0 Å². The van der Waals surface area contributed by atoms with Crippen molar-refractivity contribution in [1.29, 1.82) is 0 Å². The van der Waals surface area contributed by atoms with E-state index in [-0.39, 0.29) is 9.77 Å². The molecule has 25 heavy (non-hydrogen) atoms. The van der Waals surface area contributed by atoms with Gasteiger partial charge in [-0.2, -0.15) is 0 Å². The molecule has 1 aromatic heterocycles. The van der Waals surface area contributed by atoms with Gasteiger partial charge >= 0.3 is 4.87 Å². The molecule has 0 aliphatic rings. The average molecular weight is 377 g/mol. The van der Waals surface area contributed by atoms with Gasteiger partial charge in [-0.05, 0) is 48.7 Å². The fraction of sp³-hybridized carbons (Fsp3) is 0.278. The van der Waals surface area contributed by atoms with Crippen LogP contribution in [0.3, 0.4) is 0 Å². The molecule has 0 aliphatic carbocycles. The monoisotopic (exact) mass is 376 g/mol. The summed E-state index contributed by atoms with van der Waals surface area (Å²) in [7, 11) is -3.65. The van der Waals surface area contributed by atoms with Crippen LogP contribution in [0.4, 0.5) is 5.69 Å². The molecule has 0 spiro atoms. The molecule has 0 aliphatic heterocycles. The molecule has 7 heteroatoms. The highest BCUT2D eigenvalue weighted by molar-refractivity contribution is 7.92. The zero-order chi connectivity index (χ0) is 18.0. The molecular weight excluding hydrogens is 356 g/mol. The van der Waals surface area contributed by atoms with E-state index in [1.54, 1.807) is 34.9 Å². The zero-order valence-electron chi connectivity index (χ0n) is 14.2. The van der Waals surface area contributed by atoms with Gasteiger partial charge in [0.05, 0.1) is 20.8 Å². The van der Waals surface area contributed by atoms with Crippen LogP contribution in [0.2, 0.25) is 0 Å². The highest BCUT2D eigenvalue weighted by Gasteiger charge is 2.15. The molecule has 0 radical (unpaired) electrons. The van der Waals surface area contributed by atoms with Crippen molar-refractivity contribution in [1.82, 2.24) is 4.57 Å². The summed E-state index contributed by atoms with van der Waals surface area (Å²) in [6.45, 7) is 4.70. The number of nitrogens with one attached hydrogen (secondary N) is 1. The van der Waals surface area contributed by atoms with Gasteiger partial charge in [0.25, 0.3) is 10.0 Å². The smallest absolute Gasteiger partial charge is 0.299 e. The molecule has 0 bridgehead atoms. The van der Waals surface area contributed by atoms with E-state index in [0.29, 0.717) is 12.2 Å². The maximum atomic E-state index is 12.5. The SMILES string of the molecule is CCCn1c(=O)sc2cc(NS(=O)(=O)c3ccc(CC)cc3)ccc21. The van der Waals surface area contributed by atoms with Gasteiger partial charge in [-0.1, -0.05) is 37.3 Å². The Balaban J connectivity index is 1.92. The van der Waals surface area contributed by atoms with Crippen molar-refractivity contribution in [2.75, 3.05) is 4.72 Å².